The first-order valence-electron chi connectivity index (χ1n) is 13.7. The van der Waals surface area contributed by atoms with Gasteiger partial charge in [0.1, 0.15) is 0 Å². The lowest BCUT2D eigenvalue weighted by Crippen LogP contribution is -2.51. The lowest BCUT2D eigenvalue weighted by atomic mass is 9.85. The molecular formula is C28H44F3N3O4. The van der Waals surface area contributed by atoms with Crippen molar-refractivity contribution in [2.75, 3.05) is 26.9 Å². The number of nitrogens with zero attached hydrogens (tertiary/aromatic N) is 2. The minimum atomic E-state index is -4.44. The van der Waals surface area contributed by atoms with Crippen LogP contribution in [0.2, 0.25) is 0 Å². The van der Waals surface area contributed by atoms with Crippen molar-refractivity contribution in [1.82, 2.24) is 15.2 Å². The van der Waals surface area contributed by atoms with Gasteiger partial charge in [-0.25, -0.2) is 0 Å². The zero-order valence-corrected chi connectivity index (χ0v) is 23.3. The molecule has 4 unspecified atom stereocenters. The lowest BCUT2D eigenvalue weighted by molar-refractivity contribution is -0.142. The number of aromatic nitrogens is 1. The van der Waals surface area contributed by atoms with Crippen LogP contribution in [0.3, 0.4) is 0 Å². The van der Waals surface area contributed by atoms with Gasteiger partial charge in [0, 0.05) is 62.6 Å². The maximum absolute atomic E-state index is 13.4. The second-order valence-electron chi connectivity index (χ2n) is 11.7. The van der Waals surface area contributed by atoms with E-state index in [0.717, 1.165) is 37.9 Å². The van der Waals surface area contributed by atoms with Gasteiger partial charge < -0.3 is 24.8 Å². The number of carbonyl (C=O) groups is 1. The van der Waals surface area contributed by atoms with Crippen LogP contribution >= 0.6 is 0 Å². The van der Waals surface area contributed by atoms with E-state index < -0.39 is 17.2 Å². The Kier molecular flexibility index (Phi) is 10.6. The zero-order chi connectivity index (χ0) is 28.1. The molecule has 216 valence electrons. The first-order valence-corrected chi connectivity index (χ1v) is 13.7. The van der Waals surface area contributed by atoms with Gasteiger partial charge in [0.25, 0.3) is 0 Å². The van der Waals surface area contributed by atoms with Gasteiger partial charge in [0.2, 0.25) is 5.91 Å². The van der Waals surface area contributed by atoms with Gasteiger partial charge in [-0.15, -0.1) is 0 Å². The quantitative estimate of drug-likeness (QED) is 0.555. The summed E-state index contributed by atoms with van der Waals surface area (Å²) in [5.74, 6) is 0.648. The van der Waals surface area contributed by atoms with Gasteiger partial charge in [-0.1, -0.05) is 20.8 Å². The SMILES string of the molecule is CC(C)CC(C)O.COC1COCCC1NC1CC[C@](C)(C(=O)N2CCc3ncc(C(F)(F)F)cc3C2)C1. The Hall–Kier alpha value is -1.75. The number of aliphatic hydroxyl groups excluding tert-OH is 1. The molecule has 0 radical (unpaired) electrons. The number of hydrogen-bond acceptors (Lipinski definition) is 6. The van der Waals surface area contributed by atoms with Crippen LogP contribution in [0.15, 0.2) is 12.3 Å². The molecule has 3 aliphatic rings. The highest BCUT2D eigenvalue weighted by Crippen LogP contribution is 2.41. The van der Waals surface area contributed by atoms with Crippen molar-refractivity contribution in [1.29, 1.82) is 0 Å². The van der Waals surface area contributed by atoms with Crippen LogP contribution in [0, 0.1) is 11.3 Å². The van der Waals surface area contributed by atoms with Crippen LogP contribution < -0.4 is 5.32 Å². The molecule has 7 nitrogen and oxygen atoms in total. The maximum Gasteiger partial charge on any atom is 0.417 e. The smallest absolute Gasteiger partial charge is 0.393 e. The zero-order valence-electron chi connectivity index (χ0n) is 23.3. The number of aliphatic hydroxyl groups is 1. The van der Waals surface area contributed by atoms with Crippen LogP contribution in [0.1, 0.15) is 76.6 Å². The summed E-state index contributed by atoms with van der Waals surface area (Å²) in [5.41, 5.74) is -0.131. The van der Waals surface area contributed by atoms with Crippen LogP contribution in [0.5, 0.6) is 0 Å². The third kappa shape index (κ3) is 8.13. The van der Waals surface area contributed by atoms with Crippen LogP contribution in [-0.4, -0.2) is 72.1 Å². The summed E-state index contributed by atoms with van der Waals surface area (Å²) >= 11 is 0. The molecular weight excluding hydrogens is 499 g/mol. The summed E-state index contributed by atoms with van der Waals surface area (Å²) in [6.07, 6.45) is 0.957. The van der Waals surface area contributed by atoms with Crippen LogP contribution in [0.4, 0.5) is 13.2 Å². The number of methoxy groups -OCH3 is 1. The standard InChI is InChI=1S/C22H30F3N3O3.C6H14O/c1-21(6-3-16(10-21)27-18-5-8-31-13-19(18)30-2)20(29)28-7-4-17-14(12-28)9-15(11-26-17)22(23,24)25;1-5(2)4-6(3)7/h9,11,16,18-19,27H,3-8,10,12-13H2,1-2H3;5-7H,4H2,1-3H3/t16?,18?,19?,21-;/m0./s1. The summed E-state index contributed by atoms with van der Waals surface area (Å²) in [7, 11) is 1.68. The van der Waals surface area contributed by atoms with Gasteiger partial charge in [-0.3, -0.25) is 9.78 Å². The van der Waals surface area contributed by atoms with Crippen molar-refractivity contribution in [2.45, 2.75) is 103 Å². The fourth-order valence-corrected chi connectivity index (χ4v) is 5.83. The van der Waals surface area contributed by atoms with E-state index in [4.69, 9.17) is 14.6 Å². The van der Waals surface area contributed by atoms with Gasteiger partial charge in [-0.2, -0.15) is 13.2 Å². The molecule has 1 aromatic rings. The minimum absolute atomic E-state index is 0.00484. The minimum Gasteiger partial charge on any atom is -0.393 e. The third-order valence-corrected chi connectivity index (χ3v) is 7.78. The topological polar surface area (TPSA) is 83.9 Å². The molecule has 1 aliphatic carbocycles. The Bertz CT molecular complexity index is 921. The molecule has 2 N–H and O–H groups in total. The molecule has 38 heavy (non-hydrogen) atoms. The number of hydrogen-bond donors (Lipinski definition) is 2. The van der Waals surface area contributed by atoms with Crippen molar-refractivity contribution < 1.29 is 32.5 Å². The van der Waals surface area contributed by atoms with Crippen LogP contribution in [0.25, 0.3) is 0 Å². The molecule has 2 aliphatic heterocycles. The van der Waals surface area contributed by atoms with E-state index in [2.05, 4.69) is 24.1 Å². The summed E-state index contributed by atoms with van der Waals surface area (Å²) in [6.45, 7) is 9.95. The van der Waals surface area contributed by atoms with Crippen LogP contribution in [-0.2, 0) is 33.4 Å². The number of ether oxygens (including phenoxy) is 2. The van der Waals surface area contributed by atoms with Crippen molar-refractivity contribution in [3.8, 4) is 0 Å². The summed E-state index contributed by atoms with van der Waals surface area (Å²) in [4.78, 5) is 19.1. The highest BCUT2D eigenvalue weighted by molar-refractivity contribution is 5.83. The Labute approximate surface area is 224 Å². The molecule has 3 heterocycles. The number of pyridine rings is 1. The number of amides is 1. The van der Waals surface area contributed by atoms with E-state index in [-0.39, 0.29) is 36.7 Å². The molecule has 1 saturated heterocycles. The van der Waals surface area contributed by atoms with Crippen molar-refractivity contribution in [3.63, 3.8) is 0 Å². The molecule has 1 amide bonds. The average Bonchev–Trinajstić information content (AvgIpc) is 3.23. The Morgan fingerprint density at radius 3 is 2.68 bits per heavy atom. The average molecular weight is 544 g/mol. The lowest BCUT2D eigenvalue weighted by Gasteiger charge is -2.36. The molecule has 0 aromatic carbocycles. The first kappa shape index (κ1) is 30.8. The van der Waals surface area contributed by atoms with Gasteiger partial charge in [0.15, 0.2) is 0 Å². The van der Waals surface area contributed by atoms with E-state index in [1.54, 1.807) is 12.0 Å². The highest BCUT2D eigenvalue weighted by Gasteiger charge is 2.45. The largest absolute Gasteiger partial charge is 0.417 e. The number of alkyl halides is 3. The molecule has 1 aromatic heterocycles. The van der Waals surface area contributed by atoms with Gasteiger partial charge in [0.05, 0.1) is 24.4 Å². The van der Waals surface area contributed by atoms with E-state index in [1.165, 1.54) is 0 Å². The number of nitrogens with one attached hydrogen (secondary N) is 1. The Balaban J connectivity index is 0.000000505. The number of fused-ring (bicyclic) bond motifs is 1. The predicted molar refractivity (Wildman–Crippen MR) is 138 cm³/mol. The first-order chi connectivity index (χ1) is 17.8. The van der Waals surface area contributed by atoms with E-state index in [9.17, 15) is 18.0 Å². The highest BCUT2D eigenvalue weighted by atomic mass is 19.4. The fourth-order valence-electron chi connectivity index (χ4n) is 5.83. The monoisotopic (exact) mass is 543 g/mol. The summed E-state index contributed by atoms with van der Waals surface area (Å²) in [5, 5.41) is 12.4. The van der Waals surface area contributed by atoms with Crippen molar-refractivity contribution >= 4 is 5.91 Å². The molecule has 0 spiro atoms. The number of halogens is 3. The van der Waals surface area contributed by atoms with E-state index in [0.29, 0.717) is 49.8 Å². The Morgan fingerprint density at radius 2 is 2.08 bits per heavy atom. The van der Waals surface area contributed by atoms with Gasteiger partial charge in [-0.05, 0) is 56.6 Å². The van der Waals surface area contributed by atoms with Gasteiger partial charge >= 0.3 is 6.18 Å². The number of carbonyl (C=O) groups excluding carboxylic acids is 1. The Morgan fingerprint density at radius 1 is 1.34 bits per heavy atom. The molecule has 2 fully saturated rings. The normalized spacial score (nSPS) is 28.5. The van der Waals surface area contributed by atoms with E-state index in [1.807, 2.05) is 13.8 Å². The maximum atomic E-state index is 13.4. The molecule has 1 saturated carbocycles. The molecule has 10 heteroatoms. The fraction of sp³-hybridized carbons (Fsp3) is 0.786. The van der Waals surface area contributed by atoms with Crippen molar-refractivity contribution in [2.24, 2.45) is 11.3 Å². The second-order valence-corrected chi connectivity index (χ2v) is 11.7. The summed E-state index contributed by atoms with van der Waals surface area (Å²) < 4.78 is 50.2. The third-order valence-electron chi connectivity index (χ3n) is 7.78. The van der Waals surface area contributed by atoms with E-state index >= 15 is 0 Å². The summed E-state index contributed by atoms with van der Waals surface area (Å²) in [6, 6.07) is 1.55. The molecule has 0 bridgehead atoms. The molecule has 4 rings (SSSR count). The molecule has 5 atom stereocenters. The predicted octanol–water partition coefficient (Wildman–Crippen LogP) is 4.35. The second kappa shape index (κ2) is 13.1. The number of rotatable bonds is 6. The van der Waals surface area contributed by atoms with Crippen molar-refractivity contribution in [3.05, 3.63) is 29.1 Å².